The Balaban J connectivity index is 1.75. The number of carbonyl (C=O) groups excluding carboxylic acids is 4. The summed E-state index contributed by atoms with van der Waals surface area (Å²) in [5, 5.41) is 2.95. The van der Waals surface area contributed by atoms with E-state index in [1.165, 1.54) is 20.8 Å². The van der Waals surface area contributed by atoms with Crippen LogP contribution in [0.15, 0.2) is 0 Å². The first-order valence-corrected chi connectivity index (χ1v) is 14.2. The fourth-order valence-electron chi connectivity index (χ4n) is 5.04. The molecule has 2 heterocycles. The van der Waals surface area contributed by atoms with Crippen LogP contribution in [-0.4, -0.2) is 93.6 Å². The Hall–Kier alpha value is -2.28. The number of hydrogen-bond donors (Lipinski definition) is 1. The van der Waals surface area contributed by atoms with Gasteiger partial charge in [-0.15, -0.1) is 0 Å². The minimum atomic E-state index is -0.965. The van der Waals surface area contributed by atoms with Crippen molar-refractivity contribution in [2.45, 2.75) is 122 Å². The van der Waals surface area contributed by atoms with Crippen molar-refractivity contribution in [1.82, 2.24) is 5.32 Å². The van der Waals surface area contributed by atoms with Gasteiger partial charge in [-0.25, -0.2) is 0 Å². The molecule has 2 saturated heterocycles. The number of hydrogen-bond acceptors (Lipinski definition) is 11. The van der Waals surface area contributed by atoms with Crippen LogP contribution < -0.4 is 5.32 Å². The van der Waals surface area contributed by atoms with Gasteiger partial charge in [0.25, 0.3) is 0 Å². The zero-order valence-corrected chi connectivity index (χ0v) is 24.7. The third-order valence-corrected chi connectivity index (χ3v) is 7.10. The largest absolute Gasteiger partial charge is 0.463 e. The molecular formula is C28H47NO11. The predicted octanol–water partition coefficient (Wildman–Crippen LogP) is 2.44. The van der Waals surface area contributed by atoms with E-state index in [1.54, 1.807) is 14.0 Å². The molecule has 12 nitrogen and oxygen atoms in total. The lowest BCUT2D eigenvalue weighted by Gasteiger charge is -2.43. The molecule has 0 radical (unpaired) electrons. The van der Waals surface area contributed by atoms with Crippen LogP contribution in [-0.2, 0) is 52.3 Å². The second-order valence-electron chi connectivity index (χ2n) is 10.4. The highest BCUT2D eigenvalue weighted by atomic mass is 16.7. The molecule has 40 heavy (non-hydrogen) atoms. The summed E-state index contributed by atoms with van der Waals surface area (Å²) >= 11 is 0. The van der Waals surface area contributed by atoms with Gasteiger partial charge in [0.05, 0.1) is 18.3 Å². The van der Waals surface area contributed by atoms with E-state index in [1.807, 2.05) is 0 Å². The Morgan fingerprint density at radius 1 is 0.900 bits per heavy atom. The molecular weight excluding hydrogens is 526 g/mol. The molecule has 8 atom stereocenters. The molecule has 1 N–H and O–H groups in total. The highest BCUT2D eigenvalue weighted by molar-refractivity contribution is 5.75. The van der Waals surface area contributed by atoms with Crippen LogP contribution in [0.4, 0.5) is 0 Å². The normalized spacial score (nSPS) is 29.9. The maximum atomic E-state index is 12.3. The molecule has 0 bridgehead atoms. The zero-order valence-electron chi connectivity index (χ0n) is 24.7. The fourth-order valence-corrected chi connectivity index (χ4v) is 5.04. The lowest BCUT2D eigenvalue weighted by atomic mass is 9.92. The number of amides is 1. The Labute approximate surface area is 237 Å². The molecule has 2 aliphatic rings. The molecule has 0 unspecified atom stereocenters. The molecule has 0 aromatic carbocycles. The van der Waals surface area contributed by atoms with Crippen molar-refractivity contribution in [1.29, 1.82) is 0 Å². The highest BCUT2D eigenvalue weighted by Crippen LogP contribution is 2.32. The van der Waals surface area contributed by atoms with Gasteiger partial charge in [0.2, 0.25) is 5.91 Å². The van der Waals surface area contributed by atoms with Crippen molar-refractivity contribution in [2.24, 2.45) is 5.92 Å². The van der Waals surface area contributed by atoms with Crippen LogP contribution >= 0.6 is 0 Å². The molecule has 2 rings (SSSR count). The lowest BCUT2D eigenvalue weighted by molar-refractivity contribution is -0.288. The van der Waals surface area contributed by atoms with Crippen LogP contribution in [0.3, 0.4) is 0 Å². The summed E-state index contributed by atoms with van der Waals surface area (Å²) < 4.78 is 39.4. The number of ether oxygens (including phenoxy) is 7. The summed E-state index contributed by atoms with van der Waals surface area (Å²) in [4.78, 5) is 47.1. The van der Waals surface area contributed by atoms with Gasteiger partial charge in [0.1, 0.15) is 18.8 Å². The van der Waals surface area contributed by atoms with Crippen molar-refractivity contribution in [3.8, 4) is 0 Å². The molecule has 230 valence electrons. The van der Waals surface area contributed by atoms with Gasteiger partial charge in [-0.3, -0.25) is 19.2 Å². The number of unbranched alkanes of at least 4 members (excludes halogenated alkanes) is 1. The minimum absolute atomic E-state index is 0.0232. The molecule has 12 heteroatoms. The first-order chi connectivity index (χ1) is 19.0. The number of methoxy groups -OCH3 is 1. The molecule has 1 amide bonds. The van der Waals surface area contributed by atoms with Crippen LogP contribution in [0.5, 0.6) is 0 Å². The average molecular weight is 574 g/mol. The van der Waals surface area contributed by atoms with Crippen molar-refractivity contribution in [3.05, 3.63) is 0 Å². The average Bonchev–Trinajstić information content (AvgIpc) is 3.30. The van der Waals surface area contributed by atoms with E-state index in [4.69, 9.17) is 33.2 Å². The molecule has 0 aliphatic carbocycles. The smallest absolute Gasteiger partial charge is 0.303 e. The fraction of sp³-hybridized carbons (Fsp3) is 0.857. The molecule has 0 aromatic rings. The van der Waals surface area contributed by atoms with E-state index in [0.29, 0.717) is 32.4 Å². The van der Waals surface area contributed by atoms with Gasteiger partial charge in [0.15, 0.2) is 12.4 Å². The van der Waals surface area contributed by atoms with Crippen LogP contribution in [0, 0.1) is 5.92 Å². The van der Waals surface area contributed by atoms with Crippen molar-refractivity contribution >= 4 is 23.8 Å². The van der Waals surface area contributed by atoms with Gasteiger partial charge in [-0.05, 0) is 32.1 Å². The third kappa shape index (κ3) is 11.3. The topological polar surface area (TPSA) is 145 Å². The van der Waals surface area contributed by atoms with Gasteiger partial charge >= 0.3 is 17.9 Å². The summed E-state index contributed by atoms with van der Waals surface area (Å²) in [5.74, 6) is -2.16. The van der Waals surface area contributed by atoms with Crippen LogP contribution in [0.1, 0.15) is 79.6 Å². The van der Waals surface area contributed by atoms with E-state index in [-0.39, 0.29) is 30.8 Å². The lowest BCUT2D eigenvalue weighted by Crippen LogP contribution is -2.58. The quantitative estimate of drug-likeness (QED) is 0.165. The SMILES string of the molecule is CC[C@@H]1C[C@H](OC)[C@H](CCCNC(=O)CCCCO[C@@H]2O[C@H](COC(C)=O)[C@H](OC(C)=O)[C@H](OC(C)=O)[C@H]2C)O1. The van der Waals surface area contributed by atoms with Crippen LogP contribution in [0.25, 0.3) is 0 Å². The molecule has 0 saturated carbocycles. The zero-order chi connectivity index (χ0) is 29.7. The van der Waals surface area contributed by atoms with E-state index in [9.17, 15) is 19.2 Å². The molecule has 0 spiro atoms. The molecule has 2 aliphatic heterocycles. The number of nitrogens with one attached hydrogen (secondary N) is 1. The van der Waals surface area contributed by atoms with E-state index in [0.717, 1.165) is 25.7 Å². The van der Waals surface area contributed by atoms with Gasteiger partial charge in [-0.2, -0.15) is 0 Å². The Morgan fingerprint density at radius 2 is 1.60 bits per heavy atom. The Kier molecular flexibility index (Phi) is 14.9. The minimum Gasteiger partial charge on any atom is -0.463 e. The number of carbonyl (C=O) groups is 4. The molecule has 2 fully saturated rings. The highest BCUT2D eigenvalue weighted by Gasteiger charge is 2.48. The van der Waals surface area contributed by atoms with E-state index >= 15 is 0 Å². The second-order valence-corrected chi connectivity index (χ2v) is 10.4. The van der Waals surface area contributed by atoms with Crippen molar-refractivity contribution in [3.63, 3.8) is 0 Å². The van der Waals surface area contributed by atoms with E-state index in [2.05, 4.69) is 12.2 Å². The summed E-state index contributed by atoms with van der Waals surface area (Å²) in [6, 6.07) is 0. The Bertz CT molecular complexity index is 822. The first kappa shape index (κ1) is 33.9. The maximum Gasteiger partial charge on any atom is 0.303 e. The Morgan fingerprint density at radius 3 is 2.23 bits per heavy atom. The molecule has 0 aromatic heterocycles. The van der Waals surface area contributed by atoms with E-state index < -0.39 is 48.4 Å². The van der Waals surface area contributed by atoms with Crippen molar-refractivity contribution < 1.29 is 52.3 Å². The summed E-state index contributed by atoms with van der Waals surface area (Å²) in [7, 11) is 1.71. The summed E-state index contributed by atoms with van der Waals surface area (Å²) in [5.41, 5.74) is 0. The third-order valence-electron chi connectivity index (χ3n) is 7.10. The number of rotatable bonds is 16. The van der Waals surface area contributed by atoms with Gasteiger partial charge in [0, 0.05) is 59.8 Å². The van der Waals surface area contributed by atoms with Gasteiger partial charge < -0.3 is 38.5 Å². The number of esters is 3. The monoisotopic (exact) mass is 573 g/mol. The second kappa shape index (κ2) is 17.5. The van der Waals surface area contributed by atoms with Crippen molar-refractivity contribution in [2.75, 3.05) is 26.9 Å². The standard InChI is InChI=1S/C28H47NO11/c1-7-21-15-23(34-6)22(39-21)11-10-13-29-25(33)12-8-9-14-35-28-17(2)26(37-19(4)31)27(38-20(5)32)24(40-28)16-36-18(3)30/h17,21-24,26-28H,7-16H2,1-6H3,(H,29,33)/t17-,21-,22+,23+,24-,26-,27+,28-/m1/s1. The van der Waals surface area contributed by atoms with Crippen LogP contribution in [0.2, 0.25) is 0 Å². The maximum absolute atomic E-state index is 12.3. The van der Waals surface area contributed by atoms with Gasteiger partial charge in [-0.1, -0.05) is 13.8 Å². The summed E-state index contributed by atoms with van der Waals surface area (Å²) in [6.45, 7) is 8.30. The predicted molar refractivity (Wildman–Crippen MR) is 142 cm³/mol. The summed E-state index contributed by atoms with van der Waals surface area (Å²) in [6.07, 6.45) is 2.06. The first-order valence-electron chi connectivity index (χ1n) is 14.2.